The first-order valence-electron chi connectivity index (χ1n) is 28.2. The topological polar surface area (TPSA) is 32.8 Å². The Kier molecular flexibility index (Phi) is 11.7. The molecule has 0 radical (unpaired) electrons. The van der Waals surface area contributed by atoms with Crippen molar-refractivity contribution in [3.8, 4) is 44.5 Å². The van der Waals surface area contributed by atoms with Gasteiger partial charge in [-0.05, 0) is 190 Å². The molecule has 0 atom stereocenters. The molecule has 0 spiro atoms. The summed E-state index contributed by atoms with van der Waals surface area (Å²) in [5.74, 6) is 0. The summed E-state index contributed by atoms with van der Waals surface area (Å²) in [4.78, 5) is 4.90. The molecule has 0 saturated heterocycles. The second kappa shape index (κ2) is 19.7. The van der Waals surface area contributed by atoms with Gasteiger partial charge in [-0.15, -0.1) is 0 Å². The van der Waals surface area contributed by atoms with Gasteiger partial charge in [0.15, 0.2) is 0 Å². The van der Waals surface area contributed by atoms with E-state index in [9.17, 15) is 0 Å². The Balaban J connectivity index is 0.860. The Morgan fingerprint density at radius 1 is 0.268 bits per heavy atom. The van der Waals surface area contributed by atoms with Crippen molar-refractivity contribution in [1.29, 1.82) is 0 Å². The number of para-hydroxylation sites is 2. The molecule has 0 amide bonds. The van der Waals surface area contributed by atoms with Crippen molar-refractivity contribution in [3.63, 3.8) is 0 Å². The fourth-order valence-corrected chi connectivity index (χ4v) is 12.7. The molecule has 0 unspecified atom stereocenters. The van der Waals surface area contributed by atoms with E-state index in [2.05, 4.69) is 304 Å². The van der Waals surface area contributed by atoms with Gasteiger partial charge in [0.05, 0.1) is 28.1 Å². The smallest absolute Gasteiger partial charge is 0.147 e. The highest BCUT2D eigenvalue weighted by molar-refractivity contribution is 6.24. The number of hydrogen-bond acceptors (Lipinski definition) is 4. The SMILES string of the molecule is Cc1cccc(C)c1N(c1ccc2cc3c(cc2c1)oc1c3ccc2oc3cc4cc(N(c5ccc(-c6ccccc6)cc5-c5ccccc5)c5c(C)cccc5C)ccc4cc3c21)c1ccc(-c2ccccc2)cc1-c1ccccc1. The third-order valence-electron chi connectivity index (χ3n) is 16.7. The van der Waals surface area contributed by atoms with Crippen LogP contribution in [0.25, 0.3) is 110 Å². The van der Waals surface area contributed by atoms with E-state index in [4.69, 9.17) is 8.83 Å². The minimum absolute atomic E-state index is 0.795. The lowest BCUT2D eigenvalue weighted by Gasteiger charge is -2.31. The Bertz CT molecular complexity index is 4920. The van der Waals surface area contributed by atoms with Gasteiger partial charge in [0, 0.05) is 38.7 Å². The first kappa shape index (κ1) is 48.7. The number of anilines is 6. The number of nitrogens with zero attached hydrogens (tertiary/aromatic N) is 2. The Morgan fingerprint density at radius 3 is 1.16 bits per heavy atom. The molecule has 0 aliphatic heterocycles. The van der Waals surface area contributed by atoms with E-state index in [0.717, 1.165) is 116 Å². The Labute approximate surface area is 477 Å². The third kappa shape index (κ3) is 8.30. The van der Waals surface area contributed by atoms with Crippen molar-refractivity contribution in [1.82, 2.24) is 0 Å². The third-order valence-corrected chi connectivity index (χ3v) is 16.7. The molecule has 2 aromatic heterocycles. The standard InChI is InChI=1S/C78H56N2O2/c1-49-19-17-20-50(2)76(49)79(70-38-33-57(53-23-9-5-10-24-53)43-66(70)55-27-13-7-14-28-55)63-35-31-59-45-68-65-37-40-72-75(78(65)82-73(68)47-61(59)41-63)69-46-60-32-36-64(42-62(60)48-74(69)81-72)80(77-51(3)21-18-22-52(77)4)71-39-34-58(54-25-11-6-12-26-54)44-67(71)56-29-15-8-16-30-56/h5-48H,1-4H3. The van der Waals surface area contributed by atoms with Crippen molar-refractivity contribution in [2.24, 2.45) is 0 Å². The van der Waals surface area contributed by atoms with Gasteiger partial charge in [-0.2, -0.15) is 0 Å². The second-order valence-corrected chi connectivity index (χ2v) is 21.9. The van der Waals surface area contributed by atoms with Gasteiger partial charge >= 0.3 is 0 Å². The molecule has 0 aliphatic carbocycles. The monoisotopic (exact) mass is 1050 g/mol. The Hall–Kier alpha value is -10.4. The molecule has 13 aromatic carbocycles. The van der Waals surface area contributed by atoms with Crippen LogP contribution < -0.4 is 9.80 Å². The van der Waals surface area contributed by atoms with Crippen molar-refractivity contribution < 1.29 is 8.83 Å². The summed E-state index contributed by atoms with van der Waals surface area (Å²) in [6.45, 7) is 8.85. The van der Waals surface area contributed by atoms with Crippen LogP contribution in [0.15, 0.2) is 276 Å². The molecule has 390 valence electrons. The summed E-state index contributed by atoms with van der Waals surface area (Å²) in [5.41, 5.74) is 24.1. The summed E-state index contributed by atoms with van der Waals surface area (Å²) in [6.07, 6.45) is 0. The van der Waals surface area contributed by atoms with E-state index >= 15 is 0 Å². The van der Waals surface area contributed by atoms with Gasteiger partial charge < -0.3 is 18.6 Å². The summed E-state index contributed by atoms with van der Waals surface area (Å²) in [7, 11) is 0. The number of fused-ring (bicyclic) bond motifs is 9. The molecule has 82 heavy (non-hydrogen) atoms. The molecular formula is C78H56N2O2. The Morgan fingerprint density at radius 2 is 0.695 bits per heavy atom. The molecule has 15 aromatic rings. The van der Waals surface area contributed by atoms with E-state index < -0.39 is 0 Å². The van der Waals surface area contributed by atoms with Crippen LogP contribution in [0.5, 0.6) is 0 Å². The molecule has 0 N–H and O–H groups in total. The van der Waals surface area contributed by atoms with Crippen LogP contribution in [0.4, 0.5) is 34.1 Å². The maximum atomic E-state index is 7.07. The maximum absolute atomic E-state index is 7.07. The molecule has 4 nitrogen and oxygen atoms in total. The van der Waals surface area contributed by atoms with Crippen LogP contribution in [0.3, 0.4) is 0 Å². The molecule has 15 rings (SSSR count). The number of aryl methyl sites for hydroxylation is 4. The molecule has 0 saturated carbocycles. The van der Waals surface area contributed by atoms with Gasteiger partial charge in [0.2, 0.25) is 0 Å². The summed E-state index contributed by atoms with van der Waals surface area (Å²) in [5, 5.41) is 8.58. The molecule has 0 bridgehead atoms. The summed E-state index contributed by atoms with van der Waals surface area (Å²) in [6, 6.07) is 96.7. The van der Waals surface area contributed by atoms with Crippen molar-refractivity contribution in [2.45, 2.75) is 27.7 Å². The zero-order valence-electron chi connectivity index (χ0n) is 46.1. The number of benzene rings is 13. The first-order chi connectivity index (χ1) is 40.3. The van der Waals surface area contributed by atoms with Crippen LogP contribution in [0.1, 0.15) is 22.3 Å². The lowest BCUT2D eigenvalue weighted by atomic mass is 9.95. The number of hydrogen-bond donors (Lipinski definition) is 0. The highest BCUT2D eigenvalue weighted by Crippen LogP contribution is 2.49. The minimum Gasteiger partial charge on any atom is -0.456 e. The van der Waals surface area contributed by atoms with E-state index in [0.29, 0.717) is 0 Å². The normalized spacial score (nSPS) is 11.7. The fourth-order valence-electron chi connectivity index (χ4n) is 12.7. The zero-order chi connectivity index (χ0) is 55.0. The van der Waals surface area contributed by atoms with Crippen LogP contribution in [0.2, 0.25) is 0 Å². The molecule has 2 heterocycles. The van der Waals surface area contributed by atoms with Crippen LogP contribution in [-0.4, -0.2) is 0 Å². The van der Waals surface area contributed by atoms with Gasteiger partial charge in [-0.25, -0.2) is 0 Å². The molecule has 4 heteroatoms. The maximum Gasteiger partial charge on any atom is 0.147 e. The first-order valence-corrected chi connectivity index (χ1v) is 28.2. The van der Waals surface area contributed by atoms with Crippen LogP contribution in [0, 0.1) is 27.7 Å². The van der Waals surface area contributed by atoms with Gasteiger partial charge in [-0.1, -0.05) is 182 Å². The van der Waals surface area contributed by atoms with Gasteiger partial charge in [0.1, 0.15) is 22.3 Å². The van der Waals surface area contributed by atoms with E-state index in [-0.39, 0.29) is 0 Å². The predicted molar refractivity (Wildman–Crippen MR) is 346 cm³/mol. The van der Waals surface area contributed by atoms with Crippen LogP contribution >= 0.6 is 0 Å². The highest BCUT2D eigenvalue weighted by atomic mass is 16.3. The van der Waals surface area contributed by atoms with Crippen molar-refractivity contribution in [3.05, 3.63) is 289 Å². The molecular weight excluding hydrogens is 997 g/mol. The van der Waals surface area contributed by atoms with Gasteiger partial charge in [0.25, 0.3) is 0 Å². The zero-order valence-corrected chi connectivity index (χ0v) is 46.1. The van der Waals surface area contributed by atoms with E-state index in [1.165, 1.54) is 50.2 Å². The average Bonchev–Trinajstić information content (AvgIpc) is 4.21. The molecule has 0 aliphatic rings. The van der Waals surface area contributed by atoms with E-state index in [1.54, 1.807) is 0 Å². The number of rotatable bonds is 10. The predicted octanol–water partition coefficient (Wildman–Crippen LogP) is 22.6. The molecule has 0 fully saturated rings. The second-order valence-electron chi connectivity index (χ2n) is 21.9. The van der Waals surface area contributed by atoms with Gasteiger partial charge in [-0.3, -0.25) is 0 Å². The number of furan rings is 2. The summed E-state index contributed by atoms with van der Waals surface area (Å²) < 4.78 is 13.9. The largest absolute Gasteiger partial charge is 0.456 e. The quantitative estimate of drug-likeness (QED) is 0.137. The van der Waals surface area contributed by atoms with Crippen molar-refractivity contribution >= 4 is 99.5 Å². The summed E-state index contributed by atoms with van der Waals surface area (Å²) >= 11 is 0. The van der Waals surface area contributed by atoms with E-state index in [1.807, 2.05) is 0 Å². The van der Waals surface area contributed by atoms with Crippen LogP contribution in [-0.2, 0) is 0 Å². The lowest BCUT2D eigenvalue weighted by molar-refractivity contribution is 0.663. The highest BCUT2D eigenvalue weighted by Gasteiger charge is 2.25. The lowest BCUT2D eigenvalue weighted by Crippen LogP contribution is -2.14. The average molecular weight is 1050 g/mol. The fraction of sp³-hybridized carbons (Fsp3) is 0.0513. The van der Waals surface area contributed by atoms with Crippen molar-refractivity contribution in [2.75, 3.05) is 9.80 Å². The minimum atomic E-state index is 0.795.